The Bertz CT molecular complexity index is 929. The summed E-state index contributed by atoms with van der Waals surface area (Å²) in [6.45, 7) is 1.32. The fraction of sp³-hybridized carbons (Fsp3) is 0.400. The number of hydrogen-bond acceptors (Lipinski definition) is 6. The van der Waals surface area contributed by atoms with Crippen LogP contribution in [0.25, 0.3) is 0 Å². The zero-order valence-electron chi connectivity index (χ0n) is 18.0. The molecule has 2 atom stereocenters. The average molecular weight is 440 g/mol. The molecule has 7 nitrogen and oxygen atoms in total. The minimum atomic E-state index is -0.538. The molecule has 2 aromatic carbocycles. The third kappa shape index (κ3) is 5.81. The highest BCUT2D eigenvalue weighted by atomic mass is 16.7. The summed E-state index contributed by atoms with van der Waals surface area (Å²) in [5.41, 5.74) is 2.17. The van der Waals surface area contributed by atoms with Crippen molar-refractivity contribution in [1.29, 1.82) is 0 Å². The number of nitrogens with one attached hydrogen (secondary N) is 1. The van der Waals surface area contributed by atoms with E-state index < -0.39 is 6.29 Å². The molecule has 32 heavy (non-hydrogen) atoms. The van der Waals surface area contributed by atoms with Gasteiger partial charge in [0.25, 0.3) is 5.91 Å². The van der Waals surface area contributed by atoms with E-state index in [-0.39, 0.29) is 31.0 Å². The van der Waals surface area contributed by atoms with Gasteiger partial charge in [0, 0.05) is 25.5 Å². The predicted molar refractivity (Wildman–Crippen MR) is 118 cm³/mol. The third-order valence-electron chi connectivity index (χ3n) is 5.50. The van der Waals surface area contributed by atoms with E-state index in [0.717, 1.165) is 29.7 Å². The zero-order chi connectivity index (χ0) is 22.2. The minimum absolute atomic E-state index is 0.0593. The van der Waals surface area contributed by atoms with Crippen LogP contribution in [0, 0.1) is 0 Å². The molecule has 2 heterocycles. The van der Waals surface area contributed by atoms with Crippen LogP contribution in [0.1, 0.15) is 36.3 Å². The van der Waals surface area contributed by atoms with Gasteiger partial charge >= 0.3 is 0 Å². The summed E-state index contributed by atoms with van der Waals surface area (Å²) in [7, 11) is 0. The van der Waals surface area contributed by atoms with Gasteiger partial charge in [0.2, 0.25) is 13.1 Å². The Labute approximate surface area is 187 Å². The molecule has 4 rings (SSSR count). The maximum absolute atomic E-state index is 12.8. The number of amides is 1. The van der Waals surface area contributed by atoms with Crippen molar-refractivity contribution in [1.82, 2.24) is 5.32 Å². The van der Waals surface area contributed by atoms with Gasteiger partial charge in [0.1, 0.15) is 0 Å². The van der Waals surface area contributed by atoms with Crippen LogP contribution in [-0.4, -0.2) is 43.9 Å². The number of ether oxygens (including phenoxy) is 4. The largest absolute Gasteiger partial charge is 0.459 e. The Hall–Kier alpha value is -3.03. The normalized spacial score (nSPS) is 19.2. The number of fused-ring (bicyclic) bond motifs is 1. The molecule has 1 amide bonds. The molecule has 2 aliphatic rings. The van der Waals surface area contributed by atoms with Crippen LogP contribution in [0.4, 0.5) is 0 Å². The summed E-state index contributed by atoms with van der Waals surface area (Å²) in [6.07, 6.45) is 4.03. The first-order valence-corrected chi connectivity index (χ1v) is 11.1. The van der Waals surface area contributed by atoms with Gasteiger partial charge in [-0.25, -0.2) is 0 Å². The average Bonchev–Trinajstić information content (AvgIpc) is 3.30. The molecule has 0 spiro atoms. The van der Waals surface area contributed by atoms with Gasteiger partial charge in [0.15, 0.2) is 17.3 Å². The van der Waals surface area contributed by atoms with E-state index in [1.807, 2.05) is 54.6 Å². The molecule has 0 aromatic heterocycles. The van der Waals surface area contributed by atoms with Crippen molar-refractivity contribution in [3.63, 3.8) is 0 Å². The van der Waals surface area contributed by atoms with Crippen LogP contribution < -0.4 is 14.8 Å². The lowest BCUT2D eigenvalue weighted by Crippen LogP contribution is -2.34. The van der Waals surface area contributed by atoms with Gasteiger partial charge < -0.3 is 29.4 Å². The summed E-state index contributed by atoms with van der Waals surface area (Å²) >= 11 is 0. The number of allylic oxidation sites excluding steroid dienone is 1. The van der Waals surface area contributed by atoms with Crippen LogP contribution in [0.2, 0.25) is 0 Å². The van der Waals surface area contributed by atoms with E-state index in [4.69, 9.17) is 24.1 Å². The second-order valence-electron chi connectivity index (χ2n) is 7.83. The lowest BCUT2D eigenvalue weighted by molar-refractivity contribution is -0.146. The highest BCUT2D eigenvalue weighted by Gasteiger charge is 2.29. The van der Waals surface area contributed by atoms with Crippen molar-refractivity contribution in [2.45, 2.75) is 37.9 Å². The number of aliphatic hydroxyl groups excluding tert-OH is 1. The van der Waals surface area contributed by atoms with Gasteiger partial charge in [-0.1, -0.05) is 36.4 Å². The molecule has 7 heteroatoms. The van der Waals surface area contributed by atoms with Crippen molar-refractivity contribution in [2.75, 3.05) is 26.6 Å². The summed E-state index contributed by atoms with van der Waals surface area (Å²) < 4.78 is 22.7. The molecule has 0 aliphatic carbocycles. The summed E-state index contributed by atoms with van der Waals surface area (Å²) in [5, 5.41) is 11.9. The Morgan fingerprint density at radius 3 is 2.78 bits per heavy atom. The molecule has 0 fully saturated rings. The highest BCUT2D eigenvalue weighted by molar-refractivity contribution is 5.91. The lowest BCUT2D eigenvalue weighted by atomic mass is 9.92. The first-order valence-electron chi connectivity index (χ1n) is 11.1. The van der Waals surface area contributed by atoms with E-state index in [1.165, 1.54) is 0 Å². The quantitative estimate of drug-likeness (QED) is 0.553. The van der Waals surface area contributed by atoms with E-state index in [1.54, 1.807) is 0 Å². The predicted octanol–water partition coefficient (Wildman–Crippen LogP) is 3.28. The zero-order valence-corrected chi connectivity index (χ0v) is 18.0. The number of rotatable bonds is 10. The van der Waals surface area contributed by atoms with Crippen molar-refractivity contribution in [3.8, 4) is 11.5 Å². The van der Waals surface area contributed by atoms with Gasteiger partial charge in [-0.05, 0) is 48.6 Å². The number of unbranched alkanes of at least 4 members (excludes halogenated alkanes) is 1. The number of aliphatic hydroxyl groups is 1. The van der Waals surface area contributed by atoms with E-state index in [9.17, 15) is 4.79 Å². The SMILES string of the molecule is O=C(NCCc1ccccc1)C1=C[C@@H](c2ccc3c(c2)OCO3)C[C@@H](OCCCCO)O1. The molecular weight excluding hydrogens is 410 g/mol. The topological polar surface area (TPSA) is 86.3 Å². The number of carbonyl (C=O) groups excluding carboxylic acids is 1. The lowest BCUT2D eigenvalue weighted by Gasteiger charge is -2.29. The van der Waals surface area contributed by atoms with E-state index in [2.05, 4.69) is 5.32 Å². The Kier molecular flexibility index (Phi) is 7.64. The molecule has 0 radical (unpaired) electrons. The molecule has 0 bridgehead atoms. The molecule has 0 saturated heterocycles. The third-order valence-corrected chi connectivity index (χ3v) is 5.50. The Balaban J connectivity index is 1.43. The monoisotopic (exact) mass is 439 g/mol. The summed E-state index contributed by atoms with van der Waals surface area (Å²) in [5.74, 6) is 1.38. The van der Waals surface area contributed by atoms with Crippen molar-refractivity contribution >= 4 is 5.91 Å². The molecular formula is C25H29NO6. The first kappa shape index (κ1) is 22.2. The second-order valence-corrected chi connectivity index (χ2v) is 7.83. The molecule has 170 valence electrons. The van der Waals surface area contributed by atoms with Gasteiger partial charge in [-0.3, -0.25) is 4.79 Å². The standard InChI is InChI=1S/C25H29NO6/c27-12-4-5-13-29-24-16-20(19-8-9-21-22(14-19)31-17-30-21)15-23(32-24)25(28)26-11-10-18-6-2-1-3-7-18/h1-3,6-9,14-15,20,24,27H,4-5,10-13,16-17H2,(H,26,28)/t20-,24+/m1/s1. The molecule has 2 aliphatic heterocycles. The highest BCUT2D eigenvalue weighted by Crippen LogP contribution is 2.38. The van der Waals surface area contributed by atoms with E-state index >= 15 is 0 Å². The van der Waals surface area contributed by atoms with Crippen molar-refractivity contribution < 1.29 is 28.8 Å². The van der Waals surface area contributed by atoms with Crippen molar-refractivity contribution in [2.24, 2.45) is 0 Å². The van der Waals surface area contributed by atoms with Crippen LogP contribution in [-0.2, 0) is 20.7 Å². The molecule has 0 unspecified atom stereocenters. The summed E-state index contributed by atoms with van der Waals surface area (Å²) in [4.78, 5) is 12.8. The van der Waals surface area contributed by atoms with Crippen LogP contribution >= 0.6 is 0 Å². The number of hydrogen-bond donors (Lipinski definition) is 2. The van der Waals surface area contributed by atoms with Crippen LogP contribution in [0.5, 0.6) is 11.5 Å². The fourth-order valence-corrected chi connectivity index (χ4v) is 3.78. The summed E-state index contributed by atoms with van der Waals surface area (Å²) in [6, 6.07) is 15.8. The van der Waals surface area contributed by atoms with Gasteiger partial charge in [0.05, 0.1) is 6.61 Å². The molecule has 2 N–H and O–H groups in total. The maximum Gasteiger partial charge on any atom is 0.286 e. The Morgan fingerprint density at radius 1 is 1.09 bits per heavy atom. The number of benzene rings is 2. The van der Waals surface area contributed by atoms with Crippen LogP contribution in [0.3, 0.4) is 0 Å². The van der Waals surface area contributed by atoms with Gasteiger partial charge in [-0.15, -0.1) is 0 Å². The fourth-order valence-electron chi connectivity index (χ4n) is 3.78. The first-order chi connectivity index (χ1) is 15.7. The van der Waals surface area contributed by atoms with Gasteiger partial charge in [-0.2, -0.15) is 0 Å². The maximum atomic E-state index is 12.8. The molecule has 0 saturated carbocycles. The van der Waals surface area contributed by atoms with E-state index in [0.29, 0.717) is 31.7 Å². The molecule has 2 aromatic rings. The Morgan fingerprint density at radius 2 is 1.94 bits per heavy atom. The van der Waals surface area contributed by atoms with Crippen molar-refractivity contribution in [3.05, 3.63) is 71.5 Å². The van der Waals surface area contributed by atoms with Crippen LogP contribution in [0.15, 0.2) is 60.4 Å². The smallest absolute Gasteiger partial charge is 0.286 e. The second kappa shape index (κ2) is 11.0. The number of carbonyl (C=O) groups is 1. The minimum Gasteiger partial charge on any atom is -0.459 e.